The normalized spacial score (nSPS) is 25.2. The number of halogens is 1. The monoisotopic (exact) mass is 496 g/mol. The van der Waals surface area contributed by atoms with E-state index in [1.165, 1.54) is 4.90 Å². The Kier molecular flexibility index (Phi) is 6.75. The maximum absolute atomic E-state index is 13.9. The summed E-state index contributed by atoms with van der Waals surface area (Å²) in [5.41, 5.74) is 0.364. The molecule has 0 bridgehead atoms. The maximum atomic E-state index is 13.9. The number of pyridine rings is 1. The molecule has 0 aliphatic carbocycles. The lowest BCUT2D eigenvalue weighted by atomic mass is 9.73. The number of aromatic nitrogens is 1. The van der Waals surface area contributed by atoms with Crippen molar-refractivity contribution in [1.29, 1.82) is 0 Å². The number of urea groups is 1. The van der Waals surface area contributed by atoms with Gasteiger partial charge in [-0.1, -0.05) is 29.8 Å². The smallest absolute Gasteiger partial charge is 0.325 e. The van der Waals surface area contributed by atoms with E-state index < -0.39 is 11.6 Å². The summed E-state index contributed by atoms with van der Waals surface area (Å²) in [6, 6.07) is 10.6. The predicted octanol–water partition coefficient (Wildman–Crippen LogP) is 3.14. The molecular weight excluding hydrogens is 468 g/mol. The molecule has 8 nitrogen and oxygen atoms in total. The number of hydrogen-bond acceptors (Lipinski definition) is 5. The summed E-state index contributed by atoms with van der Waals surface area (Å²) in [6.45, 7) is 1.94. The second-order valence-corrected chi connectivity index (χ2v) is 9.93. The lowest BCUT2D eigenvalue weighted by Crippen LogP contribution is -2.54. The highest BCUT2D eigenvalue weighted by Gasteiger charge is 2.57. The van der Waals surface area contributed by atoms with Crippen molar-refractivity contribution in [2.24, 2.45) is 5.92 Å². The van der Waals surface area contributed by atoms with Gasteiger partial charge in [0.25, 0.3) is 5.91 Å². The van der Waals surface area contributed by atoms with Gasteiger partial charge in [-0.3, -0.25) is 19.5 Å². The van der Waals surface area contributed by atoms with Gasteiger partial charge in [0.2, 0.25) is 5.91 Å². The first-order valence-electron chi connectivity index (χ1n) is 12.2. The van der Waals surface area contributed by atoms with Gasteiger partial charge >= 0.3 is 6.03 Å². The van der Waals surface area contributed by atoms with Gasteiger partial charge in [-0.05, 0) is 55.4 Å². The van der Waals surface area contributed by atoms with Crippen LogP contribution >= 0.6 is 11.6 Å². The van der Waals surface area contributed by atoms with Gasteiger partial charge in [0.15, 0.2) is 5.54 Å². The van der Waals surface area contributed by atoms with Crippen molar-refractivity contribution in [2.75, 3.05) is 26.2 Å². The predicted molar refractivity (Wildman–Crippen MR) is 130 cm³/mol. The average Bonchev–Trinajstić information content (AvgIpc) is 3.47. The Morgan fingerprint density at radius 3 is 2.69 bits per heavy atom. The quantitative estimate of drug-likeness (QED) is 0.620. The van der Waals surface area contributed by atoms with Gasteiger partial charge in [0, 0.05) is 42.7 Å². The van der Waals surface area contributed by atoms with Gasteiger partial charge in [-0.2, -0.15) is 0 Å². The Hall–Kier alpha value is -2.97. The molecule has 3 aliphatic rings. The first kappa shape index (κ1) is 23.8. The highest BCUT2D eigenvalue weighted by Crippen LogP contribution is 2.41. The molecule has 2 atom stereocenters. The number of likely N-dealkylation sites (tertiary alicyclic amines) is 1. The van der Waals surface area contributed by atoms with E-state index in [2.05, 4.69) is 10.3 Å². The molecule has 3 saturated heterocycles. The topological polar surface area (TPSA) is 91.8 Å². The van der Waals surface area contributed by atoms with Gasteiger partial charge in [-0.15, -0.1) is 0 Å². The van der Waals surface area contributed by atoms with Crippen molar-refractivity contribution < 1.29 is 19.1 Å². The van der Waals surface area contributed by atoms with E-state index >= 15 is 0 Å². The summed E-state index contributed by atoms with van der Waals surface area (Å²) in [6.07, 6.45) is 6.42. The molecule has 9 heteroatoms. The number of ether oxygens (including phenoxy) is 1. The zero-order chi connectivity index (χ0) is 24.4. The molecule has 5 rings (SSSR count). The molecule has 1 aromatic carbocycles. The van der Waals surface area contributed by atoms with Crippen molar-refractivity contribution in [3.8, 4) is 0 Å². The number of carbonyl (C=O) groups excluding carboxylic acids is 3. The molecule has 2 aromatic rings. The van der Waals surface area contributed by atoms with Crippen molar-refractivity contribution in [1.82, 2.24) is 20.1 Å². The van der Waals surface area contributed by atoms with Crippen LogP contribution in [0.25, 0.3) is 0 Å². The standard InChI is InChI=1S/C26H29ClN4O4/c27-21-6-1-4-18(14-21)15-23(32)30-11-8-19(9-12-30)26(20-5-2-10-28-16-20)24(33)31(25(34)29-26)17-22-7-3-13-35-22/h1-2,4-6,10,14,16,19,22H,3,7-9,11-13,15,17H2,(H,29,34)/t22-,26-/m0/s1. The molecule has 0 saturated carbocycles. The van der Waals surface area contributed by atoms with E-state index in [-0.39, 0.29) is 36.8 Å². The van der Waals surface area contributed by atoms with E-state index in [0.29, 0.717) is 43.1 Å². The molecule has 0 spiro atoms. The molecule has 1 aromatic heterocycles. The molecule has 35 heavy (non-hydrogen) atoms. The summed E-state index contributed by atoms with van der Waals surface area (Å²) < 4.78 is 5.69. The summed E-state index contributed by atoms with van der Waals surface area (Å²) in [7, 11) is 0. The van der Waals surface area contributed by atoms with E-state index in [1.807, 2.05) is 23.1 Å². The van der Waals surface area contributed by atoms with Crippen LogP contribution in [-0.2, 0) is 26.3 Å². The number of imide groups is 1. The average molecular weight is 497 g/mol. The Morgan fingerprint density at radius 1 is 1.17 bits per heavy atom. The number of benzene rings is 1. The van der Waals surface area contributed by atoms with E-state index in [9.17, 15) is 14.4 Å². The molecule has 3 aliphatic heterocycles. The number of rotatable bonds is 6. The number of piperidine rings is 1. The largest absolute Gasteiger partial charge is 0.376 e. The summed E-state index contributed by atoms with van der Waals surface area (Å²) in [5, 5.41) is 3.65. The van der Waals surface area contributed by atoms with Crippen LogP contribution in [-0.4, -0.2) is 65.0 Å². The molecule has 4 amide bonds. The van der Waals surface area contributed by atoms with Gasteiger partial charge in [-0.25, -0.2) is 4.79 Å². The fourth-order valence-corrected chi connectivity index (χ4v) is 5.76. The second kappa shape index (κ2) is 9.95. The van der Waals surface area contributed by atoms with Gasteiger partial charge < -0.3 is 15.0 Å². The minimum atomic E-state index is -1.19. The summed E-state index contributed by atoms with van der Waals surface area (Å²) in [4.78, 5) is 47.2. The summed E-state index contributed by atoms with van der Waals surface area (Å²) >= 11 is 6.06. The molecule has 0 unspecified atom stereocenters. The molecule has 0 radical (unpaired) electrons. The van der Waals surface area contributed by atoms with Crippen LogP contribution in [0.2, 0.25) is 5.02 Å². The van der Waals surface area contributed by atoms with Crippen LogP contribution in [0.1, 0.15) is 36.8 Å². The van der Waals surface area contributed by atoms with E-state index in [0.717, 1.165) is 18.4 Å². The fraction of sp³-hybridized carbons (Fsp3) is 0.462. The third-order valence-corrected chi connectivity index (χ3v) is 7.60. The lowest BCUT2D eigenvalue weighted by Gasteiger charge is -2.41. The minimum absolute atomic E-state index is 0.0305. The number of nitrogens with one attached hydrogen (secondary N) is 1. The third kappa shape index (κ3) is 4.65. The highest BCUT2D eigenvalue weighted by atomic mass is 35.5. The lowest BCUT2D eigenvalue weighted by molar-refractivity contribution is -0.137. The zero-order valence-corrected chi connectivity index (χ0v) is 20.2. The Morgan fingerprint density at radius 2 is 2.00 bits per heavy atom. The van der Waals surface area contributed by atoms with E-state index in [1.54, 1.807) is 30.6 Å². The number of nitrogens with zero attached hydrogens (tertiary/aromatic N) is 3. The molecule has 4 heterocycles. The van der Waals surface area contributed by atoms with Gasteiger partial charge in [0.1, 0.15) is 0 Å². The molecular formula is C26H29ClN4O4. The second-order valence-electron chi connectivity index (χ2n) is 9.49. The Balaban J connectivity index is 1.33. The van der Waals surface area contributed by atoms with Crippen molar-refractivity contribution in [2.45, 2.75) is 43.7 Å². The number of amides is 4. The highest BCUT2D eigenvalue weighted by molar-refractivity contribution is 6.30. The van der Waals surface area contributed by atoms with Crippen LogP contribution in [0.3, 0.4) is 0 Å². The SMILES string of the molecule is O=C(Cc1cccc(Cl)c1)N1CCC([C@@]2(c3cccnc3)NC(=O)N(C[C@@H]3CCCO3)C2=O)CC1. The number of carbonyl (C=O) groups is 3. The molecule has 184 valence electrons. The summed E-state index contributed by atoms with van der Waals surface area (Å²) in [5.74, 6) is -0.384. The first-order chi connectivity index (χ1) is 17.0. The van der Waals surface area contributed by atoms with Crippen LogP contribution in [0.4, 0.5) is 4.79 Å². The third-order valence-electron chi connectivity index (χ3n) is 7.36. The van der Waals surface area contributed by atoms with Crippen molar-refractivity contribution in [3.05, 3.63) is 64.9 Å². The zero-order valence-electron chi connectivity index (χ0n) is 19.5. The number of hydrogen-bond donors (Lipinski definition) is 1. The van der Waals surface area contributed by atoms with Crippen molar-refractivity contribution >= 4 is 29.4 Å². The minimum Gasteiger partial charge on any atom is -0.376 e. The van der Waals surface area contributed by atoms with Crippen LogP contribution in [0, 0.1) is 5.92 Å². The van der Waals surface area contributed by atoms with Crippen LogP contribution < -0.4 is 5.32 Å². The van der Waals surface area contributed by atoms with Crippen molar-refractivity contribution in [3.63, 3.8) is 0 Å². The molecule has 1 N–H and O–H groups in total. The Bertz CT molecular complexity index is 1100. The first-order valence-corrected chi connectivity index (χ1v) is 12.5. The Labute approximate surface area is 209 Å². The molecule has 3 fully saturated rings. The van der Waals surface area contributed by atoms with Crippen LogP contribution in [0.5, 0.6) is 0 Å². The maximum Gasteiger partial charge on any atom is 0.325 e. The van der Waals surface area contributed by atoms with Crippen LogP contribution in [0.15, 0.2) is 48.8 Å². The van der Waals surface area contributed by atoms with E-state index in [4.69, 9.17) is 16.3 Å². The fourth-order valence-electron chi connectivity index (χ4n) is 5.55. The van der Waals surface area contributed by atoms with Gasteiger partial charge in [0.05, 0.1) is 19.1 Å².